The van der Waals surface area contributed by atoms with E-state index in [-0.39, 0.29) is 17.2 Å². The normalized spacial score (nSPS) is 28.7. The lowest BCUT2D eigenvalue weighted by Crippen LogP contribution is -2.56. The van der Waals surface area contributed by atoms with Gasteiger partial charge < -0.3 is 5.11 Å². The Morgan fingerprint density at radius 1 is 1.29 bits per heavy atom. The molecule has 2 saturated carbocycles. The summed E-state index contributed by atoms with van der Waals surface area (Å²) < 4.78 is 28.6. The number of hydrazine groups is 1. The van der Waals surface area contributed by atoms with Gasteiger partial charge in [0.2, 0.25) is 0 Å². The van der Waals surface area contributed by atoms with Crippen LogP contribution >= 0.6 is 11.3 Å². The lowest BCUT2D eigenvalue weighted by Gasteiger charge is -2.38. The molecule has 2 heterocycles. The number of hydrogen-bond acceptors (Lipinski definition) is 6. The SMILES string of the molecule is C=CC[C@](O)(C(=O)N1C2CC3CCC2(C(=O)N1S(=O)(=O)c1ccc(C)cc1)C3(C)C)c1cccs1. The summed E-state index contributed by atoms with van der Waals surface area (Å²) in [5.41, 5.74) is -2.66. The fraction of sp³-hybridized carbons (Fsp3) is 0.462. The van der Waals surface area contributed by atoms with Gasteiger partial charge in [0.05, 0.1) is 16.4 Å². The molecule has 2 amide bonds. The first-order chi connectivity index (χ1) is 16.4. The quantitative estimate of drug-likeness (QED) is 0.588. The second-order valence-electron chi connectivity index (χ2n) is 10.5. The van der Waals surface area contributed by atoms with Gasteiger partial charge in [-0.05, 0) is 61.1 Å². The van der Waals surface area contributed by atoms with Crippen LogP contribution in [0.1, 0.15) is 50.0 Å². The predicted molar refractivity (Wildman–Crippen MR) is 132 cm³/mol. The van der Waals surface area contributed by atoms with Gasteiger partial charge in [-0.1, -0.05) is 43.7 Å². The summed E-state index contributed by atoms with van der Waals surface area (Å²) >= 11 is 1.20. The van der Waals surface area contributed by atoms with Crippen molar-refractivity contribution in [3.63, 3.8) is 0 Å². The number of fused-ring (bicyclic) bond motifs is 1. The first-order valence-corrected chi connectivity index (χ1v) is 14.1. The van der Waals surface area contributed by atoms with E-state index in [2.05, 4.69) is 6.58 Å². The number of hydrogen-bond donors (Lipinski definition) is 1. The van der Waals surface area contributed by atoms with E-state index in [0.29, 0.717) is 22.1 Å². The van der Waals surface area contributed by atoms with Gasteiger partial charge in [0, 0.05) is 11.3 Å². The zero-order valence-electron chi connectivity index (χ0n) is 20.1. The number of thiophene rings is 1. The molecule has 2 aliphatic carbocycles. The van der Waals surface area contributed by atoms with E-state index in [1.54, 1.807) is 29.6 Å². The van der Waals surface area contributed by atoms with Crippen LogP contribution in [0.25, 0.3) is 0 Å². The predicted octanol–water partition coefficient (Wildman–Crippen LogP) is 3.99. The third-order valence-corrected chi connectivity index (χ3v) is 11.3. The lowest BCUT2D eigenvalue weighted by atomic mass is 9.67. The van der Waals surface area contributed by atoms with Crippen LogP contribution in [0.15, 0.2) is 59.3 Å². The van der Waals surface area contributed by atoms with Gasteiger partial charge in [0.1, 0.15) is 0 Å². The number of nitrogens with zero attached hydrogens (tertiary/aromatic N) is 2. The smallest absolute Gasteiger partial charge is 0.284 e. The van der Waals surface area contributed by atoms with Crippen LogP contribution in [0.4, 0.5) is 0 Å². The Labute approximate surface area is 210 Å². The molecule has 2 aromatic rings. The lowest BCUT2D eigenvalue weighted by molar-refractivity contribution is -0.165. The summed E-state index contributed by atoms with van der Waals surface area (Å²) in [6.45, 7) is 9.55. The van der Waals surface area contributed by atoms with E-state index in [1.165, 1.54) is 29.5 Å². The molecule has 3 fully saturated rings. The van der Waals surface area contributed by atoms with Gasteiger partial charge in [0.15, 0.2) is 5.60 Å². The molecule has 0 radical (unpaired) electrons. The van der Waals surface area contributed by atoms with Crippen LogP contribution in [-0.4, -0.2) is 40.8 Å². The minimum atomic E-state index is -4.41. The molecule has 1 aliphatic heterocycles. The minimum absolute atomic E-state index is 0.0682. The van der Waals surface area contributed by atoms with E-state index in [9.17, 15) is 23.1 Å². The Hall–Kier alpha value is -2.49. The molecule has 35 heavy (non-hydrogen) atoms. The average Bonchev–Trinajstić information content (AvgIpc) is 3.55. The van der Waals surface area contributed by atoms with Gasteiger partial charge in [-0.2, -0.15) is 8.42 Å². The van der Waals surface area contributed by atoms with Crippen LogP contribution in [0.2, 0.25) is 0 Å². The first kappa shape index (κ1) is 24.2. The average molecular weight is 515 g/mol. The molecule has 1 aromatic heterocycles. The highest BCUT2D eigenvalue weighted by Crippen LogP contribution is 2.70. The maximum atomic E-state index is 14.2. The Morgan fingerprint density at radius 3 is 2.54 bits per heavy atom. The second kappa shape index (κ2) is 7.75. The highest BCUT2D eigenvalue weighted by atomic mass is 32.2. The monoisotopic (exact) mass is 514 g/mol. The highest BCUT2D eigenvalue weighted by molar-refractivity contribution is 7.89. The number of rotatable bonds is 6. The zero-order valence-corrected chi connectivity index (χ0v) is 21.7. The van der Waals surface area contributed by atoms with Crippen molar-refractivity contribution in [2.24, 2.45) is 16.7 Å². The van der Waals surface area contributed by atoms with Crippen molar-refractivity contribution < 1.29 is 23.1 Å². The molecule has 1 N–H and O–H groups in total. The molecule has 1 spiro atoms. The second-order valence-corrected chi connectivity index (χ2v) is 13.2. The summed E-state index contributed by atoms with van der Waals surface area (Å²) in [6, 6.07) is 8.94. The molecule has 1 saturated heterocycles. The Morgan fingerprint density at radius 2 is 1.97 bits per heavy atom. The van der Waals surface area contributed by atoms with Crippen LogP contribution in [0, 0.1) is 23.7 Å². The molecule has 1 aromatic carbocycles. The van der Waals surface area contributed by atoms with Crippen molar-refractivity contribution in [3.05, 3.63) is 64.9 Å². The van der Waals surface area contributed by atoms with Crippen molar-refractivity contribution in [2.45, 2.75) is 63.0 Å². The van der Waals surface area contributed by atoms with Gasteiger partial charge in [-0.3, -0.25) is 9.59 Å². The molecule has 2 bridgehead atoms. The van der Waals surface area contributed by atoms with Crippen LogP contribution in [-0.2, 0) is 25.2 Å². The number of aliphatic hydroxyl groups is 1. The Kier molecular flexibility index (Phi) is 5.36. The Balaban J connectivity index is 1.70. The fourth-order valence-electron chi connectivity index (χ4n) is 6.62. The standard InChI is InChI=1S/C26H30N2O5S2/c1-5-13-26(31,21-7-6-15-34-21)23(30)27-20-16-18-12-14-25(20,24(18,3)4)22(29)28(27)35(32,33)19-10-8-17(2)9-11-19/h5-11,15,18,20,31H,1,12-14,16H2,2-4H3/t18?,20?,25?,26-/m1/s1. The van der Waals surface area contributed by atoms with Crippen molar-refractivity contribution in [3.8, 4) is 0 Å². The molecule has 186 valence electrons. The molecule has 3 aliphatic rings. The number of aryl methyl sites for hydroxylation is 1. The largest absolute Gasteiger partial charge is 0.374 e. The summed E-state index contributed by atoms with van der Waals surface area (Å²) in [5.74, 6) is -1.20. The number of benzene rings is 1. The number of amides is 2. The topological polar surface area (TPSA) is 95.0 Å². The summed E-state index contributed by atoms with van der Waals surface area (Å²) in [5, 5.41) is 14.5. The summed E-state index contributed by atoms with van der Waals surface area (Å²) in [4.78, 5) is 28.8. The van der Waals surface area contributed by atoms with Crippen molar-refractivity contribution >= 4 is 33.2 Å². The van der Waals surface area contributed by atoms with Crippen molar-refractivity contribution in [1.29, 1.82) is 0 Å². The zero-order chi connectivity index (χ0) is 25.4. The minimum Gasteiger partial charge on any atom is -0.374 e. The number of sulfonamides is 1. The van der Waals surface area contributed by atoms with E-state index in [4.69, 9.17) is 0 Å². The number of carbonyl (C=O) groups excluding carboxylic acids is 2. The molecular formula is C26H30N2O5S2. The maximum Gasteiger partial charge on any atom is 0.284 e. The molecule has 4 atom stereocenters. The molecule has 7 nitrogen and oxygen atoms in total. The van der Waals surface area contributed by atoms with E-state index >= 15 is 0 Å². The van der Waals surface area contributed by atoms with Gasteiger partial charge in [-0.15, -0.1) is 22.3 Å². The molecule has 9 heteroatoms. The molecule has 5 rings (SSSR count). The van der Waals surface area contributed by atoms with Gasteiger partial charge >= 0.3 is 0 Å². The third-order valence-electron chi connectivity index (χ3n) is 8.66. The van der Waals surface area contributed by atoms with Crippen LogP contribution in [0.3, 0.4) is 0 Å². The molecule has 3 unspecified atom stereocenters. The van der Waals surface area contributed by atoms with Crippen LogP contribution in [0.5, 0.6) is 0 Å². The maximum absolute atomic E-state index is 14.2. The Bertz CT molecular complexity index is 1300. The summed E-state index contributed by atoms with van der Waals surface area (Å²) in [7, 11) is -4.41. The van der Waals surface area contributed by atoms with Crippen LogP contribution < -0.4 is 0 Å². The first-order valence-electron chi connectivity index (χ1n) is 11.8. The number of carbonyl (C=O) groups is 2. The third kappa shape index (κ3) is 3.01. The van der Waals surface area contributed by atoms with Crippen molar-refractivity contribution in [2.75, 3.05) is 0 Å². The summed E-state index contributed by atoms with van der Waals surface area (Å²) in [6.07, 6.45) is 3.16. The highest BCUT2D eigenvalue weighted by Gasteiger charge is 2.77. The van der Waals surface area contributed by atoms with Crippen molar-refractivity contribution in [1.82, 2.24) is 9.42 Å². The fourth-order valence-corrected chi connectivity index (χ4v) is 8.93. The van der Waals surface area contributed by atoms with E-state index in [0.717, 1.165) is 17.0 Å². The van der Waals surface area contributed by atoms with E-state index < -0.39 is 44.3 Å². The van der Waals surface area contributed by atoms with E-state index in [1.807, 2.05) is 20.8 Å². The van der Waals surface area contributed by atoms with Gasteiger partial charge in [0.25, 0.3) is 21.8 Å². The van der Waals surface area contributed by atoms with Gasteiger partial charge in [-0.25, -0.2) is 5.01 Å². The molecular weight excluding hydrogens is 484 g/mol.